The number of benzene rings is 1. The number of carbonyl (C=O) groups is 1. The van der Waals surface area contributed by atoms with Gasteiger partial charge in [-0.25, -0.2) is 0 Å². The molecule has 1 aromatic rings. The van der Waals surface area contributed by atoms with E-state index in [1.807, 2.05) is 32.9 Å². The highest BCUT2D eigenvalue weighted by Gasteiger charge is 2.18. The molecule has 1 heterocycles. The number of likely N-dealkylation sites (tertiary alicyclic amines) is 1. The first kappa shape index (κ1) is 17.8. The molecule has 1 saturated heterocycles. The summed E-state index contributed by atoms with van der Waals surface area (Å²) in [6, 6.07) is 6.03. The Morgan fingerprint density at radius 1 is 1.26 bits per heavy atom. The van der Waals surface area contributed by atoms with Crippen LogP contribution in [0.5, 0.6) is 5.75 Å². The van der Waals surface area contributed by atoms with Gasteiger partial charge in [-0.3, -0.25) is 4.79 Å². The summed E-state index contributed by atoms with van der Waals surface area (Å²) in [5.74, 6) is 1.47. The lowest BCUT2D eigenvalue weighted by Gasteiger charge is -2.29. The van der Waals surface area contributed by atoms with Crippen LogP contribution in [0.1, 0.15) is 37.3 Å². The highest BCUT2D eigenvalue weighted by molar-refractivity contribution is 5.80. The number of carbonyl (C=O) groups excluding carboxylic acids is 1. The molecule has 0 saturated carbocycles. The third-order valence-electron chi connectivity index (χ3n) is 4.57. The summed E-state index contributed by atoms with van der Waals surface area (Å²) in [5.41, 5.74) is 2.30. The molecule has 4 heteroatoms. The number of aryl methyl sites for hydroxylation is 2. The molecule has 0 spiro atoms. The van der Waals surface area contributed by atoms with Crippen molar-refractivity contribution in [1.29, 1.82) is 0 Å². The van der Waals surface area contributed by atoms with Gasteiger partial charge < -0.3 is 15.0 Å². The van der Waals surface area contributed by atoms with Gasteiger partial charge in [-0.05, 0) is 89.3 Å². The lowest BCUT2D eigenvalue weighted by atomic mass is 9.94. The molecule has 0 bridgehead atoms. The quantitative estimate of drug-likeness (QED) is 0.877. The molecule has 1 amide bonds. The van der Waals surface area contributed by atoms with Gasteiger partial charge in [-0.15, -0.1) is 0 Å². The van der Waals surface area contributed by atoms with Crippen molar-refractivity contribution >= 4 is 5.91 Å². The fourth-order valence-electron chi connectivity index (χ4n) is 3.15. The molecule has 0 radical (unpaired) electrons. The van der Waals surface area contributed by atoms with Crippen molar-refractivity contribution in [3.05, 3.63) is 29.3 Å². The summed E-state index contributed by atoms with van der Waals surface area (Å²) in [7, 11) is 2.17. The fourth-order valence-corrected chi connectivity index (χ4v) is 3.15. The summed E-state index contributed by atoms with van der Waals surface area (Å²) in [6.45, 7) is 8.96. The van der Waals surface area contributed by atoms with Gasteiger partial charge in [-0.2, -0.15) is 0 Å². The van der Waals surface area contributed by atoms with Crippen molar-refractivity contribution in [2.24, 2.45) is 5.92 Å². The third-order valence-corrected chi connectivity index (χ3v) is 4.57. The lowest BCUT2D eigenvalue weighted by molar-refractivity contribution is -0.127. The van der Waals surface area contributed by atoms with E-state index in [0.717, 1.165) is 35.8 Å². The van der Waals surface area contributed by atoms with Gasteiger partial charge in [0.2, 0.25) is 0 Å². The summed E-state index contributed by atoms with van der Waals surface area (Å²) < 4.78 is 5.78. The number of hydrogen-bond acceptors (Lipinski definition) is 3. The van der Waals surface area contributed by atoms with Crippen LogP contribution in [0.4, 0.5) is 0 Å². The van der Waals surface area contributed by atoms with Crippen molar-refractivity contribution in [3.8, 4) is 5.75 Å². The Morgan fingerprint density at radius 3 is 2.48 bits per heavy atom. The zero-order chi connectivity index (χ0) is 16.8. The molecule has 1 fully saturated rings. The van der Waals surface area contributed by atoms with Crippen molar-refractivity contribution in [2.75, 3.05) is 26.7 Å². The normalized spacial score (nSPS) is 17.7. The molecule has 4 nitrogen and oxygen atoms in total. The van der Waals surface area contributed by atoms with Crippen LogP contribution in [0.3, 0.4) is 0 Å². The van der Waals surface area contributed by atoms with E-state index in [2.05, 4.69) is 23.3 Å². The summed E-state index contributed by atoms with van der Waals surface area (Å²) in [6.07, 6.45) is 3.08. The van der Waals surface area contributed by atoms with Crippen LogP contribution in [0.25, 0.3) is 0 Å². The highest BCUT2D eigenvalue weighted by Crippen LogP contribution is 2.19. The predicted molar refractivity (Wildman–Crippen MR) is 93.9 cm³/mol. The molecule has 1 N–H and O–H groups in total. The second-order valence-electron chi connectivity index (χ2n) is 6.91. The van der Waals surface area contributed by atoms with Crippen molar-refractivity contribution in [3.63, 3.8) is 0 Å². The van der Waals surface area contributed by atoms with Crippen molar-refractivity contribution in [1.82, 2.24) is 10.2 Å². The van der Waals surface area contributed by atoms with E-state index in [4.69, 9.17) is 4.74 Å². The van der Waals surface area contributed by atoms with Gasteiger partial charge in [0.05, 0.1) is 0 Å². The summed E-state index contributed by atoms with van der Waals surface area (Å²) in [4.78, 5) is 14.5. The fraction of sp³-hybridized carbons (Fsp3) is 0.632. The van der Waals surface area contributed by atoms with Crippen LogP contribution in [0.15, 0.2) is 18.2 Å². The monoisotopic (exact) mass is 318 g/mol. The minimum absolute atomic E-state index is 0.0305. The highest BCUT2D eigenvalue weighted by atomic mass is 16.5. The van der Waals surface area contributed by atoms with E-state index in [1.54, 1.807) is 0 Å². The Kier molecular flexibility index (Phi) is 6.46. The number of nitrogens with one attached hydrogen (secondary N) is 1. The second kappa shape index (κ2) is 8.34. The zero-order valence-corrected chi connectivity index (χ0v) is 14.9. The number of ether oxygens (including phenoxy) is 1. The molecule has 0 aliphatic carbocycles. The van der Waals surface area contributed by atoms with Crippen LogP contribution >= 0.6 is 0 Å². The molecule has 1 aromatic carbocycles. The minimum atomic E-state index is -0.464. The van der Waals surface area contributed by atoms with Crippen molar-refractivity contribution in [2.45, 2.75) is 46.1 Å². The SMILES string of the molecule is Cc1cc(C)cc(O[C@H](C)C(=O)NCCC2CCN(C)CC2)c1. The molecule has 2 rings (SSSR count). The van der Waals surface area contributed by atoms with Gasteiger partial charge in [0, 0.05) is 6.54 Å². The first-order chi connectivity index (χ1) is 10.9. The van der Waals surface area contributed by atoms with Crippen molar-refractivity contribution < 1.29 is 9.53 Å². The smallest absolute Gasteiger partial charge is 0.260 e. The molecule has 0 aromatic heterocycles. The van der Waals surface area contributed by atoms with Gasteiger partial charge in [0.1, 0.15) is 5.75 Å². The first-order valence-corrected chi connectivity index (χ1v) is 8.65. The second-order valence-corrected chi connectivity index (χ2v) is 6.91. The van der Waals surface area contributed by atoms with E-state index < -0.39 is 6.10 Å². The number of hydrogen-bond donors (Lipinski definition) is 1. The van der Waals surface area contributed by atoms with E-state index in [0.29, 0.717) is 0 Å². The minimum Gasteiger partial charge on any atom is -0.481 e. The Morgan fingerprint density at radius 2 is 1.87 bits per heavy atom. The number of piperidine rings is 1. The molecule has 1 aliphatic rings. The number of amides is 1. The van der Waals surface area contributed by atoms with E-state index >= 15 is 0 Å². The third kappa shape index (κ3) is 5.87. The van der Waals surface area contributed by atoms with Crippen LogP contribution < -0.4 is 10.1 Å². The average Bonchev–Trinajstić information content (AvgIpc) is 2.48. The molecular formula is C19H30N2O2. The average molecular weight is 318 g/mol. The molecule has 128 valence electrons. The van der Waals surface area contributed by atoms with Gasteiger partial charge >= 0.3 is 0 Å². The zero-order valence-electron chi connectivity index (χ0n) is 14.9. The maximum absolute atomic E-state index is 12.2. The first-order valence-electron chi connectivity index (χ1n) is 8.65. The van der Waals surface area contributed by atoms with Gasteiger partial charge in [0.15, 0.2) is 6.10 Å². The van der Waals surface area contributed by atoms with E-state index in [-0.39, 0.29) is 5.91 Å². The van der Waals surface area contributed by atoms with E-state index in [1.165, 1.54) is 25.9 Å². The van der Waals surface area contributed by atoms with Crippen LogP contribution in [-0.4, -0.2) is 43.6 Å². The maximum Gasteiger partial charge on any atom is 0.260 e. The maximum atomic E-state index is 12.2. The summed E-state index contributed by atoms with van der Waals surface area (Å²) in [5, 5.41) is 3.01. The topological polar surface area (TPSA) is 41.6 Å². The predicted octanol–water partition coefficient (Wildman–Crippen LogP) is 2.92. The van der Waals surface area contributed by atoms with Crippen LogP contribution in [0.2, 0.25) is 0 Å². The number of nitrogens with zero attached hydrogens (tertiary/aromatic N) is 1. The number of rotatable bonds is 6. The lowest BCUT2D eigenvalue weighted by Crippen LogP contribution is -2.38. The Labute approximate surface area is 140 Å². The molecular weight excluding hydrogens is 288 g/mol. The Bertz CT molecular complexity index is 502. The molecule has 0 unspecified atom stereocenters. The molecule has 1 atom stereocenters. The van der Waals surface area contributed by atoms with Gasteiger partial charge in [-0.1, -0.05) is 6.07 Å². The molecule has 1 aliphatic heterocycles. The van der Waals surface area contributed by atoms with E-state index in [9.17, 15) is 4.79 Å². The Balaban J connectivity index is 1.72. The van der Waals surface area contributed by atoms with Gasteiger partial charge in [0.25, 0.3) is 5.91 Å². The van der Waals surface area contributed by atoms with Crippen LogP contribution in [-0.2, 0) is 4.79 Å². The molecule has 23 heavy (non-hydrogen) atoms. The van der Waals surface area contributed by atoms with Crippen LogP contribution in [0, 0.1) is 19.8 Å². The summed E-state index contributed by atoms with van der Waals surface area (Å²) >= 11 is 0. The largest absolute Gasteiger partial charge is 0.481 e. The Hall–Kier alpha value is -1.55. The standard InChI is InChI=1S/C19H30N2O2/c1-14-11-15(2)13-18(12-14)23-16(3)19(22)20-8-5-17-6-9-21(4)10-7-17/h11-13,16-17H,5-10H2,1-4H3,(H,20,22)/t16-/m1/s1.